The molecule has 16 heavy (non-hydrogen) atoms. The van der Waals surface area contributed by atoms with Crippen LogP contribution in [0.2, 0.25) is 0 Å². The predicted octanol–water partition coefficient (Wildman–Crippen LogP) is 1.70. The van der Waals surface area contributed by atoms with E-state index in [9.17, 15) is 8.78 Å². The Morgan fingerprint density at radius 2 is 1.88 bits per heavy atom. The minimum absolute atomic E-state index is 0.204. The molecule has 0 aliphatic heterocycles. The molecule has 0 saturated carbocycles. The Hall–Kier alpha value is -1.75. The zero-order valence-electron chi connectivity index (χ0n) is 8.40. The van der Waals surface area contributed by atoms with E-state index in [1.165, 1.54) is 18.3 Å². The van der Waals surface area contributed by atoms with Crippen LogP contribution in [0.5, 0.6) is 0 Å². The summed E-state index contributed by atoms with van der Waals surface area (Å²) in [6, 6.07) is 3.33. The summed E-state index contributed by atoms with van der Waals surface area (Å²) >= 11 is 0. The number of aliphatic hydroxyl groups is 1. The number of rotatable bonds is 3. The van der Waals surface area contributed by atoms with Gasteiger partial charge in [0.1, 0.15) is 24.1 Å². The first-order chi connectivity index (χ1) is 7.69. The Morgan fingerprint density at radius 1 is 1.19 bits per heavy atom. The first-order valence-electron chi connectivity index (χ1n) is 4.75. The summed E-state index contributed by atoms with van der Waals surface area (Å²) in [6.07, 6.45) is 3.18. The molecule has 1 N–H and O–H groups in total. The van der Waals surface area contributed by atoms with E-state index >= 15 is 0 Å². The van der Waals surface area contributed by atoms with E-state index in [0.29, 0.717) is 11.4 Å². The fourth-order valence-electron chi connectivity index (χ4n) is 1.53. The fourth-order valence-corrected chi connectivity index (χ4v) is 1.53. The maximum Gasteiger partial charge on any atom is 0.134 e. The van der Waals surface area contributed by atoms with Gasteiger partial charge in [-0.05, 0) is 17.7 Å². The van der Waals surface area contributed by atoms with Crippen molar-refractivity contribution in [2.24, 2.45) is 0 Å². The molecule has 0 radical (unpaired) electrons. The summed E-state index contributed by atoms with van der Waals surface area (Å²) in [5, 5.41) is 8.96. The van der Waals surface area contributed by atoms with E-state index in [-0.39, 0.29) is 13.2 Å². The average Bonchev–Trinajstić information content (AvgIpc) is 2.63. The molecular formula is C11H10F2N2O. The van der Waals surface area contributed by atoms with Crippen LogP contribution in [0.25, 0.3) is 0 Å². The molecule has 1 aromatic heterocycles. The van der Waals surface area contributed by atoms with Crippen molar-refractivity contribution in [1.29, 1.82) is 0 Å². The monoisotopic (exact) mass is 224 g/mol. The van der Waals surface area contributed by atoms with Crippen molar-refractivity contribution < 1.29 is 13.9 Å². The molecule has 5 heteroatoms. The molecule has 84 valence electrons. The number of imidazole rings is 1. The maximum absolute atomic E-state index is 12.9. The van der Waals surface area contributed by atoms with Crippen molar-refractivity contribution in [3.05, 3.63) is 53.6 Å². The van der Waals surface area contributed by atoms with Gasteiger partial charge < -0.3 is 9.67 Å². The molecule has 0 saturated heterocycles. The molecule has 0 aliphatic rings. The summed E-state index contributed by atoms with van der Waals surface area (Å²) in [5.41, 5.74) is 0.491. The minimum Gasteiger partial charge on any atom is -0.388 e. The molecule has 2 aromatic rings. The topological polar surface area (TPSA) is 38.1 Å². The van der Waals surface area contributed by atoms with E-state index in [1.54, 1.807) is 10.8 Å². The van der Waals surface area contributed by atoms with Crippen LogP contribution in [-0.4, -0.2) is 14.7 Å². The summed E-state index contributed by atoms with van der Waals surface area (Å²) in [6.45, 7) is 0.0787. The summed E-state index contributed by atoms with van der Waals surface area (Å²) in [4.78, 5) is 3.90. The number of hydrogen-bond donors (Lipinski definition) is 1. The highest BCUT2D eigenvalue weighted by molar-refractivity contribution is 5.18. The Morgan fingerprint density at radius 3 is 2.50 bits per heavy atom. The van der Waals surface area contributed by atoms with Crippen LogP contribution < -0.4 is 0 Å². The van der Waals surface area contributed by atoms with Gasteiger partial charge in [-0.15, -0.1) is 0 Å². The molecular weight excluding hydrogens is 214 g/mol. The van der Waals surface area contributed by atoms with Crippen molar-refractivity contribution in [2.45, 2.75) is 13.2 Å². The van der Waals surface area contributed by atoms with Gasteiger partial charge in [-0.3, -0.25) is 0 Å². The van der Waals surface area contributed by atoms with Crippen LogP contribution in [0.1, 0.15) is 11.4 Å². The highest BCUT2D eigenvalue weighted by atomic mass is 19.1. The molecule has 0 atom stereocenters. The van der Waals surface area contributed by atoms with Crippen LogP contribution in [0.4, 0.5) is 8.78 Å². The van der Waals surface area contributed by atoms with Gasteiger partial charge in [-0.25, -0.2) is 13.8 Å². The smallest absolute Gasteiger partial charge is 0.134 e. The van der Waals surface area contributed by atoms with Gasteiger partial charge >= 0.3 is 0 Å². The third-order valence-corrected chi connectivity index (χ3v) is 2.22. The zero-order chi connectivity index (χ0) is 11.5. The standard InChI is InChI=1S/C11H10F2N2O/c12-9-3-8(4-10(13)5-9)6-15-2-1-14-11(15)7-16/h1-5,16H,6-7H2. The van der Waals surface area contributed by atoms with Crippen LogP contribution in [0.15, 0.2) is 30.6 Å². The van der Waals surface area contributed by atoms with Gasteiger partial charge in [-0.2, -0.15) is 0 Å². The second kappa shape index (κ2) is 4.40. The van der Waals surface area contributed by atoms with Crippen molar-refractivity contribution in [3.8, 4) is 0 Å². The Kier molecular flexibility index (Phi) is 2.96. The number of halogens is 2. The number of benzene rings is 1. The summed E-state index contributed by atoms with van der Waals surface area (Å²) in [7, 11) is 0. The minimum atomic E-state index is -0.610. The fraction of sp³-hybridized carbons (Fsp3) is 0.182. The summed E-state index contributed by atoms with van der Waals surface area (Å²) in [5.74, 6) is -0.758. The Bertz CT molecular complexity index is 476. The van der Waals surface area contributed by atoms with Crippen molar-refractivity contribution in [3.63, 3.8) is 0 Å². The summed E-state index contributed by atoms with van der Waals surface area (Å²) < 4.78 is 27.5. The van der Waals surface area contributed by atoms with Crippen molar-refractivity contribution >= 4 is 0 Å². The zero-order valence-corrected chi connectivity index (χ0v) is 8.40. The molecule has 0 unspecified atom stereocenters. The second-order valence-corrected chi connectivity index (χ2v) is 3.41. The number of aliphatic hydroxyl groups excluding tert-OH is 1. The lowest BCUT2D eigenvalue weighted by atomic mass is 10.2. The van der Waals surface area contributed by atoms with Gasteiger partial charge in [-0.1, -0.05) is 0 Å². The molecule has 2 rings (SSSR count). The average molecular weight is 224 g/mol. The Labute approximate surface area is 91.0 Å². The first kappa shape index (κ1) is 10.8. The highest BCUT2D eigenvalue weighted by Crippen LogP contribution is 2.10. The van der Waals surface area contributed by atoms with Crippen LogP contribution in [0, 0.1) is 11.6 Å². The molecule has 0 spiro atoms. The number of nitrogens with zero attached hydrogens (tertiary/aromatic N) is 2. The first-order valence-corrected chi connectivity index (χ1v) is 4.75. The quantitative estimate of drug-likeness (QED) is 0.861. The van der Waals surface area contributed by atoms with Gasteiger partial charge in [0.05, 0.1) is 0 Å². The molecule has 0 bridgehead atoms. The number of aromatic nitrogens is 2. The van der Waals surface area contributed by atoms with Crippen molar-refractivity contribution in [1.82, 2.24) is 9.55 Å². The van der Waals surface area contributed by atoms with Gasteiger partial charge in [0.25, 0.3) is 0 Å². The molecule has 0 fully saturated rings. The van der Waals surface area contributed by atoms with Gasteiger partial charge in [0.2, 0.25) is 0 Å². The van der Waals surface area contributed by atoms with E-state index in [4.69, 9.17) is 5.11 Å². The van der Waals surface area contributed by atoms with E-state index in [0.717, 1.165) is 6.07 Å². The van der Waals surface area contributed by atoms with E-state index in [1.807, 2.05) is 0 Å². The normalized spacial score (nSPS) is 10.7. The lowest BCUT2D eigenvalue weighted by Crippen LogP contribution is -2.04. The molecule has 1 heterocycles. The molecule has 3 nitrogen and oxygen atoms in total. The highest BCUT2D eigenvalue weighted by Gasteiger charge is 2.04. The number of hydrogen-bond acceptors (Lipinski definition) is 2. The van der Waals surface area contributed by atoms with Gasteiger partial charge in [0, 0.05) is 25.0 Å². The molecule has 1 aromatic carbocycles. The molecule has 0 amide bonds. The second-order valence-electron chi connectivity index (χ2n) is 3.41. The SMILES string of the molecule is OCc1nccn1Cc1cc(F)cc(F)c1. The lowest BCUT2D eigenvalue weighted by molar-refractivity contribution is 0.266. The third kappa shape index (κ3) is 2.25. The Balaban J connectivity index is 2.26. The van der Waals surface area contributed by atoms with Crippen LogP contribution >= 0.6 is 0 Å². The maximum atomic E-state index is 12.9. The van der Waals surface area contributed by atoms with E-state index < -0.39 is 11.6 Å². The largest absolute Gasteiger partial charge is 0.388 e. The van der Waals surface area contributed by atoms with E-state index in [2.05, 4.69) is 4.98 Å². The third-order valence-electron chi connectivity index (χ3n) is 2.22. The van der Waals surface area contributed by atoms with Crippen molar-refractivity contribution in [2.75, 3.05) is 0 Å². The van der Waals surface area contributed by atoms with Crippen LogP contribution in [0.3, 0.4) is 0 Å². The van der Waals surface area contributed by atoms with Crippen LogP contribution in [-0.2, 0) is 13.2 Å². The lowest BCUT2D eigenvalue weighted by Gasteiger charge is -2.06. The molecule has 0 aliphatic carbocycles. The van der Waals surface area contributed by atoms with Gasteiger partial charge in [0.15, 0.2) is 0 Å². The predicted molar refractivity (Wildman–Crippen MR) is 53.6 cm³/mol.